The Balaban J connectivity index is 1.48. The Morgan fingerprint density at radius 1 is 1.17 bits per heavy atom. The number of hydrogen-bond donors (Lipinski definition) is 1. The smallest absolute Gasteiger partial charge is 0.181 e. The molecule has 152 valence electrons. The number of hydrogen-bond acceptors (Lipinski definition) is 5. The summed E-state index contributed by atoms with van der Waals surface area (Å²) in [6.45, 7) is 0. The molecule has 1 saturated carbocycles. The van der Waals surface area contributed by atoms with Gasteiger partial charge in [-0.2, -0.15) is 5.10 Å². The largest absolute Gasteiger partial charge is 0.443 e. The van der Waals surface area contributed by atoms with Crippen molar-refractivity contribution in [3.8, 4) is 22.5 Å². The van der Waals surface area contributed by atoms with Gasteiger partial charge in [-0.05, 0) is 30.5 Å². The molecule has 1 aliphatic rings. The van der Waals surface area contributed by atoms with E-state index in [4.69, 9.17) is 21.8 Å². The lowest BCUT2D eigenvalue weighted by Crippen LogP contribution is -2.13. The van der Waals surface area contributed by atoms with Gasteiger partial charge in [-0.3, -0.25) is 9.67 Å². The van der Waals surface area contributed by atoms with Gasteiger partial charge in [0, 0.05) is 29.2 Å². The molecule has 0 bridgehead atoms. The van der Waals surface area contributed by atoms with Gasteiger partial charge in [0.25, 0.3) is 0 Å². The van der Waals surface area contributed by atoms with Gasteiger partial charge in [0.1, 0.15) is 0 Å². The third-order valence-electron chi connectivity index (χ3n) is 5.43. The first-order valence-corrected chi connectivity index (χ1v) is 10.1. The summed E-state index contributed by atoms with van der Waals surface area (Å²) in [7, 11) is 0. The van der Waals surface area contributed by atoms with Crippen molar-refractivity contribution in [3.63, 3.8) is 0 Å². The van der Waals surface area contributed by atoms with Crippen LogP contribution in [0.25, 0.3) is 22.5 Å². The van der Waals surface area contributed by atoms with Crippen molar-refractivity contribution in [2.24, 2.45) is 5.92 Å². The summed E-state index contributed by atoms with van der Waals surface area (Å²) in [5.74, 6) is 0.793. The highest BCUT2D eigenvalue weighted by molar-refractivity contribution is 6.31. The summed E-state index contributed by atoms with van der Waals surface area (Å²) in [5.41, 5.74) is 8.88. The monoisotopic (exact) mass is 423 g/mol. The highest BCUT2D eigenvalue weighted by atomic mass is 35.5. The van der Waals surface area contributed by atoms with Crippen molar-refractivity contribution in [2.45, 2.75) is 25.3 Å². The lowest BCUT2D eigenvalue weighted by Gasteiger charge is -2.18. The number of aromatic nitrogens is 4. The molecular weight excluding hydrogens is 405 g/mol. The second-order valence-corrected chi connectivity index (χ2v) is 7.97. The van der Waals surface area contributed by atoms with Crippen LogP contribution < -0.4 is 5.73 Å². The van der Waals surface area contributed by atoms with E-state index in [0.717, 1.165) is 17.7 Å². The fraction of sp³-hybridized carbons (Fsp3) is 0.227. The van der Waals surface area contributed by atoms with Gasteiger partial charge in [-0.15, -0.1) is 0 Å². The van der Waals surface area contributed by atoms with E-state index in [1.165, 1.54) is 25.3 Å². The van der Waals surface area contributed by atoms with Gasteiger partial charge >= 0.3 is 0 Å². The third kappa shape index (κ3) is 3.57. The third-order valence-corrected chi connectivity index (χ3v) is 5.73. The number of oxazole rings is 1. The topological polar surface area (TPSA) is 82.8 Å². The van der Waals surface area contributed by atoms with E-state index in [0.29, 0.717) is 22.9 Å². The highest BCUT2D eigenvalue weighted by Crippen LogP contribution is 2.40. The van der Waals surface area contributed by atoms with E-state index in [9.17, 15) is 4.39 Å². The standard InChI is InChI=1S/C22H19ClFN5O/c23-16-4-5-17(25)21(22(16)24)14-3-6-18(27-8-14)19(7-13-1-2-13)29-11-15(9-28-29)20-10-26-12-30-20/h3-6,8-13,19H,1-2,7,25H2. The van der Waals surface area contributed by atoms with Crippen LogP contribution >= 0.6 is 11.6 Å². The molecule has 4 aromatic rings. The number of pyridine rings is 1. The first-order valence-electron chi connectivity index (χ1n) is 9.73. The van der Waals surface area contributed by atoms with Crippen LogP contribution in [0.3, 0.4) is 0 Å². The van der Waals surface area contributed by atoms with Crippen molar-refractivity contribution < 1.29 is 8.81 Å². The van der Waals surface area contributed by atoms with Crippen LogP contribution in [0, 0.1) is 11.7 Å². The molecule has 3 heterocycles. The zero-order chi connectivity index (χ0) is 20.7. The van der Waals surface area contributed by atoms with E-state index >= 15 is 0 Å². The zero-order valence-electron chi connectivity index (χ0n) is 16.0. The van der Waals surface area contributed by atoms with E-state index in [2.05, 4.69) is 15.1 Å². The Hall–Kier alpha value is -3.19. The van der Waals surface area contributed by atoms with Gasteiger partial charge in [0.15, 0.2) is 18.0 Å². The molecule has 30 heavy (non-hydrogen) atoms. The molecule has 0 saturated heterocycles. The van der Waals surface area contributed by atoms with Crippen LogP contribution in [0.4, 0.5) is 10.1 Å². The molecule has 6 nitrogen and oxygen atoms in total. The second kappa shape index (κ2) is 7.57. The number of nitrogen functional groups attached to an aromatic ring is 1. The molecule has 1 aromatic carbocycles. The van der Waals surface area contributed by atoms with Gasteiger partial charge in [-0.25, -0.2) is 9.37 Å². The molecule has 3 aromatic heterocycles. The molecule has 1 unspecified atom stereocenters. The number of nitrogens with two attached hydrogens (primary N) is 1. The first-order chi connectivity index (χ1) is 14.6. The van der Waals surface area contributed by atoms with Gasteiger partial charge in [0.2, 0.25) is 0 Å². The lowest BCUT2D eigenvalue weighted by molar-refractivity contribution is 0.455. The van der Waals surface area contributed by atoms with Crippen molar-refractivity contribution in [1.29, 1.82) is 0 Å². The normalized spacial score (nSPS) is 14.7. The van der Waals surface area contributed by atoms with Crippen LogP contribution in [-0.2, 0) is 0 Å². The van der Waals surface area contributed by atoms with Crippen LogP contribution in [0.1, 0.15) is 31.0 Å². The van der Waals surface area contributed by atoms with E-state index in [-0.39, 0.29) is 16.6 Å². The minimum absolute atomic E-state index is 0.0234. The fourth-order valence-electron chi connectivity index (χ4n) is 3.64. The number of halogens is 2. The number of benzene rings is 1. The van der Waals surface area contributed by atoms with Gasteiger partial charge in [-0.1, -0.05) is 30.5 Å². The highest BCUT2D eigenvalue weighted by Gasteiger charge is 2.29. The van der Waals surface area contributed by atoms with Crippen molar-refractivity contribution in [3.05, 3.63) is 72.0 Å². The number of nitrogens with zero attached hydrogens (tertiary/aromatic N) is 4. The van der Waals surface area contributed by atoms with Crippen LogP contribution in [0.15, 0.2) is 59.9 Å². The Labute approximate surface area is 177 Å². The molecule has 1 fully saturated rings. The number of rotatable bonds is 6. The molecule has 2 N–H and O–H groups in total. The SMILES string of the molecule is Nc1ccc(Cl)c(F)c1-c1ccc(C(CC2CC2)n2cc(-c3cnco3)cn2)nc1. The first kappa shape index (κ1) is 18.8. The van der Waals surface area contributed by atoms with Crippen LogP contribution in [0.2, 0.25) is 5.02 Å². The summed E-state index contributed by atoms with van der Waals surface area (Å²) in [6, 6.07) is 6.75. The predicted molar refractivity (Wildman–Crippen MR) is 112 cm³/mol. The zero-order valence-corrected chi connectivity index (χ0v) is 16.8. The molecule has 0 spiro atoms. The van der Waals surface area contributed by atoms with Crippen molar-refractivity contribution in [1.82, 2.24) is 19.7 Å². The summed E-state index contributed by atoms with van der Waals surface area (Å²) in [4.78, 5) is 8.60. The molecule has 1 atom stereocenters. The number of anilines is 1. The molecular formula is C22H19ClFN5O. The Morgan fingerprint density at radius 3 is 2.73 bits per heavy atom. The van der Waals surface area contributed by atoms with E-state index in [1.807, 2.05) is 23.0 Å². The predicted octanol–water partition coefficient (Wildman–Crippen LogP) is 5.36. The Kier molecular flexibility index (Phi) is 4.75. The molecule has 0 radical (unpaired) electrons. The average molecular weight is 424 g/mol. The minimum Gasteiger partial charge on any atom is -0.443 e. The lowest BCUT2D eigenvalue weighted by atomic mass is 10.0. The Morgan fingerprint density at radius 2 is 2.03 bits per heavy atom. The quantitative estimate of drug-likeness (QED) is 0.422. The Bertz CT molecular complexity index is 1170. The molecule has 8 heteroatoms. The van der Waals surface area contributed by atoms with Gasteiger partial charge < -0.3 is 10.2 Å². The minimum atomic E-state index is -0.537. The van der Waals surface area contributed by atoms with Crippen LogP contribution in [-0.4, -0.2) is 19.7 Å². The van der Waals surface area contributed by atoms with Gasteiger partial charge in [0.05, 0.1) is 34.7 Å². The van der Waals surface area contributed by atoms with Crippen LogP contribution in [0.5, 0.6) is 0 Å². The van der Waals surface area contributed by atoms with Crippen molar-refractivity contribution >= 4 is 17.3 Å². The average Bonchev–Trinajstić information content (AvgIpc) is 3.19. The maximum absolute atomic E-state index is 14.5. The molecule has 1 aliphatic carbocycles. The summed E-state index contributed by atoms with van der Waals surface area (Å²) < 4.78 is 21.8. The van der Waals surface area contributed by atoms with E-state index in [1.54, 1.807) is 24.7 Å². The maximum atomic E-state index is 14.5. The maximum Gasteiger partial charge on any atom is 0.181 e. The van der Waals surface area contributed by atoms with Crippen molar-refractivity contribution in [2.75, 3.05) is 5.73 Å². The summed E-state index contributed by atoms with van der Waals surface area (Å²) >= 11 is 5.93. The second-order valence-electron chi connectivity index (χ2n) is 7.57. The molecule has 0 amide bonds. The molecule has 0 aliphatic heterocycles. The fourth-order valence-corrected chi connectivity index (χ4v) is 3.79. The summed E-state index contributed by atoms with van der Waals surface area (Å²) in [6.07, 6.45) is 11.8. The summed E-state index contributed by atoms with van der Waals surface area (Å²) in [5, 5.41) is 4.58. The van der Waals surface area contributed by atoms with E-state index < -0.39 is 5.82 Å². The molecule has 5 rings (SSSR count).